The standard InChI is InChI=1S/C10H8BrF3N4O/c1-6-15-17-18(16-6)5-7-4-8(2-3-9(7)11)19-10(12,13)14/h2-4H,5H2,1H3. The minimum atomic E-state index is -4.72. The Bertz CT molecular complexity index is 584. The second kappa shape index (κ2) is 5.16. The van der Waals surface area contributed by atoms with E-state index in [0.29, 0.717) is 15.9 Å². The molecule has 0 spiro atoms. The summed E-state index contributed by atoms with van der Waals surface area (Å²) >= 11 is 3.25. The van der Waals surface area contributed by atoms with Crippen LogP contribution in [0.2, 0.25) is 0 Å². The average Bonchev–Trinajstić information content (AvgIpc) is 2.67. The lowest BCUT2D eigenvalue weighted by Crippen LogP contribution is -2.17. The van der Waals surface area contributed by atoms with E-state index in [1.165, 1.54) is 23.0 Å². The molecule has 0 bridgehead atoms. The number of tetrazole rings is 1. The van der Waals surface area contributed by atoms with Gasteiger partial charge in [-0.25, -0.2) is 0 Å². The maximum absolute atomic E-state index is 12.1. The summed E-state index contributed by atoms with van der Waals surface area (Å²) < 4.78 is 40.9. The van der Waals surface area contributed by atoms with E-state index in [1.807, 2.05) is 0 Å². The topological polar surface area (TPSA) is 52.8 Å². The molecule has 1 aromatic carbocycles. The molecule has 0 atom stereocenters. The fraction of sp³-hybridized carbons (Fsp3) is 0.300. The Morgan fingerprint density at radius 3 is 2.68 bits per heavy atom. The summed E-state index contributed by atoms with van der Waals surface area (Å²) in [4.78, 5) is 1.28. The molecule has 19 heavy (non-hydrogen) atoms. The maximum atomic E-state index is 12.1. The molecule has 5 nitrogen and oxygen atoms in total. The van der Waals surface area contributed by atoms with E-state index in [9.17, 15) is 13.2 Å². The molecule has 102 valence electrons. The molecule has 0 aliphatic carbocycles. The molecule has 0 saturated heterocycles. The highest BCUT2D eigenvalue weighted by atomic mass is 79.9. The lowest BCUT2D eigenvalue weighted by Gasteiger charge is -2.11. The number of hydrogen-bond acceptors (Lipinski definition) is 4. The molecule has 2 aromatic rings. The Morgan fingerprint density at radius 2 is 2.11 bits per heavy atom. The second-order valence-electron chi connectivity index (χ2n) is 3.67. The van der Waals surface area contributed by atoms with Gasteiger partial charge in [0, 0.05) is 4.47 Å². The largest absolute Gasteiger partial charge is 0.573 e. The van der Waals surface area contributed by atoms with Gasteiger partial charge >= 0.3 is 6.36 Å². The molecule has 0 fully saturated rings. The van der Waals surface area contributed by atoms with Gasteiger partial charge in [0.05, 0.1) is 6.54 Å². The highest BCUT2D eigenvalue weighted by molar-refractivity contribution is 9.10. The smallest absolute Gasteiger partial charge is 0.406 e. The first-order chi connectivity index (χ1) is 8.83. The monoisotopic (exact) mass is 336 g/mol. The number of hydrogen-bond donors (Lipinski definition) is 0. The molecule has 0 saturated carbocycles. The highest BCUT2D eigenvalue weighted by Crippen LogP contribution is 2.27. The van der Waals surface area contributed by atoms with Crippen LogP contribution in [0.1, 0.15) is 11.4 Å². The van der Waals surface area contributed by atoms with Gasteiger partial charge in [-0.3, -0.25) is 0 Å². The molecule has 1 heterocycles. The van der Waals surface area contributed by atoms with Crippen LogP contribution in [0.15, 0.2) is 22.7 Å². The zero-order valence-electron chi connectivity index (χ0n) is 9.65. The number of benzene rings is 1. The quantitative estimate of drug-likeness (QED) is 0.864. The zero-order valence-corrected chi connectivity index (χ0v) is 11.2. The molecule has 2 rings (SSSR count). The lowest BCUT2D eigenvalue weighted by atomic mass is 10.2. The number of ether oxygens (including phenoxy) is 1. The van der Waals surface area contributed by atoms with Gasteiger partial charge in [0.25, 0.3) is 0 Å². The van der Waals surface area contributed by atoms with Crippen LogP contribution >= 0.6 is 15.9 Å². The minimum Gasteiger partial charge on any atom is -0.406 e. The summed E-state index contributed by atoms with van der Waals surface area (Å²) in [6, 6.07) is 3.97. The van der Waals surface area contributed by atoms with E-state index in [1.54, 1.807) is 6.92 Å². The first-order valence-corrected chi connectivity index (χ1v) is 5.91. The van der Waals surface area contributed by atoms with Crippen molar-refractivity contribution in [2.24, 2.45) is 0 Å². The van der Waals surface area contributed by atoms with E-state index in [2.05, 4.69) is 36.1 Å². The van der Waals surface area contributed by atoms with Crippen molar-refractivity contribution in [3.63, 3.8) is 0 Å². The first kappa shape index (κ1) is 13.8. The van der Waals surface area contributed by atoms with E-state index in [4.69, 9.17) is 0 Å². The van der Waals surface area contributed by atoms with Crippen molar-refractivity contribution >= 4 is 15.9 Å². The van der Waals surface area contributed by atoms with Gasteiger partial charge in [0.15, 0.2) is 5.82 Å². The Balaban J connectivity index is 2.22. The average molecular weight is 337 g/mol. The van der Waals surface area contributed by atoms with E-state index in [0.717, 1.165) is 0 Å². The third-order valence-corrected chi connectivity index (χ3v) is 2.89. The van der Waals surface area contributed by atoms with Crippen LogP contribution in [0.5, 0.6) is 5.75 Å². The van der Waals surface area contributed by atoms with Crippen molar-refractivity contribution in [3.8, 4) is 5.75 Å². The van der Waals surface area contributed by atoms with Crippen LogP contribution in [-0.4, -0.2) is 26.6 Å². The summed E-state index contributed by atoms with van der Waals surface area (Å²) in [5, 5.41) is 11.4. The fourth-order valence-electron chi connectivity index (χ4n) is 1.41. The van der Waals surface area contributed by atoms with Gasteiger partial charge in [-0.1, -0.05) is 15.9 Å². The van der Waals surface area contributed by atoms with Crippen molar-refractivity contribution in [3.05, 3.63) is 34.1 Å². The molecule has 0 aliphatic rings. The Kier molecular flexibility index (Phi) is 3.74. The van der Waals surface area contributed by atoms with Gasteiger partial charge < -0.3 is 4.74 Å². The summed E-state index contributed by atoms with van der Waals surface area (Å²) in [7, 11) is 0. The summed E-state index contributed by atoms with van der Waals surface area (Å²) in [5.74, 6) is 0.196. The molecule has 1 aromatic heterocycles. The molecule has 0 N–H and O–H groups in total. The van der Waals surface area contributed by atoms with Crippen molar-refractivity contribution in [1.29, 1.82) is 0 Å². The van der Waals surface area contributed by atoms with Crippen molar-refractivity contribution in [2.75, 3.05) is 0 Å². The van der Waals surface area contributed by atoms with Gasteiger partial charge in [-0.15, -0.1) is 23.4 Å². The first-order valence-electron chi connectivity index (χ1n) is 5.12. The fourth-order valence-corrected chi connectivity index (χ4v) is 1.78. The highest BCUT2D eigenvalue weighted by Gasteiger charge is 2.31. The van der Waals surface area contributed by atoms with E-state index in [-0.39, 0.29) is 12.3 Å². The van der Waals surface area contributed by atoms with Crippen LogP contribution in [-0.2, 0) is 6.54 Å². The second-order valence-corrected chi connectivity index (χ2v) is 4.52. The van der Waals surface area contributed by atoms with Gasteiger partial charge in [-0.05, 0) is 35.9 Å². The van der Waals surface area contributed by atoms with Gasteiger partial charge in [0.1, 0.15) is 5.75 Å². The van der Waals surface area contributed by atoms with Crippen LogP contribution in [0.25, 0.3) is 0 Å². The van der Waals surface area contributed by atoms with E-state index < -0.39 is 6.36 Å². The van der Waals surface area contributed by atoms with Crippen LogP contribution in [0.3, 0.4) is 0 Å². The number of halogens is 4. The third kappa shape index (κ3) is 3.91. The Hall–Kier alpha value is -1.64. The predicted octanol–water partition coefficient (Wildman–Crippen LogP) is 2.69. The van der Waals surface area contributed by atoms with Crippen LogP contribution in [0, 0.1) is 6.92 Å². The van der Waals surface area contributed by atoms with Crippen molar-refractivity contribution < 1.29 is 17.9 Å². The van der Waals surface area contributed by atoms with Crippen molar-refractivity contribution in [1.82, 2.24) is 20.2 Å². The van der Waals surface area contributed by atoms with Crippen LogP contribution in [0.4, 0.5) is 13.2 Å². The summed E-state index contributed by atoms with van der Waals surface area (Å²) in [6.07, 6.45) is -4.72. The number of nitrogens with zero attached hydrogens (tertiary/aromatic N) is 4. The number of aryl methyl sites for hydroxylation is 1. The Morgan fingerprint density at radius 1 is 1.37 bits per heavy atom. The molecule has 0 radical (unpaired) electrons. The molecule has 0 aliphatic heterocycles. The van der Waals surface area contributed by atoms with Gasteiger partial charge in [0.2, 0.25) is 0 Å². The maximum Gasteiger partial charge on any atom is 0.573 e. The molecular formula is C10H8BrF3N4O. The van der Waals surface area contributed by atoms with Gasteiger partial charge in [-0.2, -0.15) is 4.80 Å². The zero-order chi connectivity index (χ0) is 14.0. The Labute approximate surface area is 114 Å². The summed E-state index contributed by atoms with van der Waals surface area (Å²) in [5.41, 5.74) is 0.555. The number of alkyl halides is 3. The van der Waals surface area contributed by atoms with Crippen molar-refractivity contribution in [2.45, 2.75) is 19.8 Å². The molecular weight excluding hydrogens is 329 g/mol. The molecule has 0 unspecified atom stereocenters. The molecule has 0 amide bonds. The summed E-state index contributed by atoms with van der Waals surface area (Å²) in [6.45, 7) is 1.86. The number of rotatable bonds is 3. The van der Waals surface area contributed by atoms with Crippen LogP contribution < -0.4 is 4.74 Å². The predicted molar refractivity (Wildman–Crippen MR) is 62.5 cm³/mol. The lowest BCUT2D eigenvalue weighted by molar-refractivity contribution is -0.274. The third-order valence-electron chi connectivity index (χ3n) is 2.12. The van der Waals surface area contributed by atoms with E-state index >= 15 is 0 Å². The number of aromatic nitrogens is 4. The SMILES string of the molecule is Cc1nnn(Cc2cc(OC(F)(F)F)ccc2Br)n1. The normalized spacial score (nSPS) is 11.6. The molecule has 9 heteroatoms. The minimum absolute atomic E-state index is 0.191.